The van der Waals surface area contributed by atoms with Crippen molar-refractivity contribution >= 4 is 5.97 Å². The van der Waals surface area contributed by atoms with Crippen LogP contribution in [0.5, 0.6) is 5.75 Å². The lowest BCUT2D eigenvalue weighted by Gasteiger charge is -2.36. The summed E-state index contributed by atoms with van der Waals surface area (Å²) in [5.41, 5.74) is -0.863. The van der Waals surface area contributed by atoms with Gasteiger partial charge in [0, 0.05) is 19.0 Å². The van der Waals surface area contributed by atoms with Gasteiger partial charge >= 0.3 is 5.97 Å². The van der Waals surface area contributed by atoms with Crippen LogP contribution in [0.25, 0.3) is 0 Å². The molecular formula is C13H15F2NO3. The molecule has 1 fully saturated rings. The van der Waals surface area contributed by atoms with E-state index >= 15 is 0 Å². The number of hydrogen-bond donors (Lipinski definition) is 1. The summed E-state index contributed by atoms with van der Waals surface area (Å²) in [6, 6.07) is 1.56. The van der Waals surface area contributed by atoms with Gasteiger partial charge in [-0.1, -0.05) is 0 Å². The number of hydrogen-bond acceptors (Lipinski definition) is 3. The summed E-state index contributed by atoms with van der Waals surface area (Å²) in [7, 11) is 1.45. The monoisotopic (exact) mass is 271 g/mol. The Hall–Kier alpha value is -1.72. The SMILES string of the molecule is COc1cncc(C2(C(=O)O)CCC(F)(F)CC2)c1. The number of methoxy groups -OCH3 is 1. The van der Waals surface area contributed by atoms with Crippen LogP contribution in [-0.2, 0) is 10.2 Å². The quantitative estimate of drug-likeness (QED) is 0.918. The zero-order chi connectivity index (χ0) is 14.1. The van der Waals surface area contributed by atoms with Gasteiger partial charge in [-0.3, -0.25) is 9.78 Å². The summed E-state index contributed by atoms with van der Waals surface area (Å²) in [5, 5.41) is 9.46. The molecule has 0 unspecified atom stereocenters. The van der Waals surface area contributed by atoms with Crippen molar-refractivity contribution < 1.29 is 23.4 Å². The van der Waals surface area contributed by atoms with Gasteiger partial charge in [0.2, 0.25) is 5.92 Å². The standard InChI is InChI=1S/C13H15F2NO3/c1-19-10-6-9(7-16-8-10)12(11(17)18)2-4-13(14,15)5-3-12/h6-8H,2-5H2,1H3,(H,17,18). The number of pyridine rings is 1. The number of carboxylic acids is 1. The van der Waals surface area contributed by atoms with Crippen molar-refractivity contribution in [2.24, 2.45) is 0 Å². The number of ether oxygens (including phenoxy) is 1. The zero-order valence-electron chi connectivity index (χ0n) is 10.5. The third-order valence-corrected chi connectivity index (χ3v) is 3.75. The van der Waals surface area contributed by atoms with Gasteiger partial charge in [-0.15, -0.1) is 0 Å². The van der Waals surface area contributed by atoms with Crippen molar-refractivity contribution in [1.29, 1.82) is 0 Å². The van der Waals surface area contributed by atoms with Crippen LogP contribution in [0.2, 0.25) is 0 Å². The molecule has 104 valence electrons. The predicted molar refractivity (Wildman–Crippen MR) is 63.5 cm³/mol. The number of carboxylic acid groups (broad SMARTS) is 1. The van der Waals surface area contributed by atoms with E-state index in [2.05, 4.69) is 4.98 Å². The summed E-state index contributed by atoms with van der Waals surface area (Å²) in [4.78, 5) is 15.5. The van der Waals surface area contributed by atoms with Crippen LogP contribution in [0.1, 0.15) is 31.2 Å². The minimum absolute atomic E-state index is 0.0931. The second-order valence-corrected chi connectivity index (χ2v) is 4.86. The summed E-state index contributed by atoms with van der Waals surface area (Å²) >= 11 is 0. The van der Waals surface area contributed by atoms with Crippen molar-refractivity contribution in [3.63, 3.8) is 0 Å². The third-order valence-electron chi connectivity index (χ3n) is 3.75. The van der Waals surface area contributed by atoms with Crippen LogP contribution < -0.4 is 4.74 Å². The van der Waals surface area contributed by atoms with Crippen molar-refractivity contribution in [3.8, 4) is 5.75 Å². The van der Waals surface area contributed by atoms with Crippen molar-refractivity contribution in [2.75, 3.05) is 7.11 Å². The van der Waals surface area contributed by atoms with E-state index in [1.54, 1.807) is 6.07 Å². The highest BCUT2D eigenvalue weighted by Crippen LogP contribution is 2.45. The maximum Gasteiger partial charge on any atom is 0.314 e. The first-order valence-corrected chi connectivity index (χ1v) is 6.00. The van der Waals surface area contributed by atoms with Gasteiger partial charge in [0.05, 0.1) is 18.7 Å². The first-order chi connectivity index (χ1) is 8.89. The Kier molecular flexibility index (Phi) is 3.43. The molecule has 1 aromatic heterocycles. The smallest absolute Gasteiger partial charge is 0.314 e. The Labute approximate surface area is 109 Å². The molecule has 6 heteroatoms. The van der Waals surface area contributed by atoms with Crippen LogP contribution in [0.4, 0.5) is 8.78 Å². The molecule has 0 atom stereocenters. The summed E-state index contributed by atoms with van der Waals surface area (Å²) in [5.74, 6) is -3.43. The first-order valence-electron chi connectivity index (χ1n) is 6.00. The number of nitrogens with zero attached hydrogens (tertiary/aromatic N) is 1. The maximum atomic E-state index is 13.2. The van der Waals surface area contributed by atoms with E-state index in [9.17, 15) is 18.7 Å². The second-order valence-electron chi connectivity index (χ2n) is 4.86. The molecule has 1 aromatic rings. The fourth-order valence-electron chi connectivity index (χ4n) is 2.46. The van der Waals surface area contributed by atoms with Crippen molar-refractivity contribution in [2.45, 2.75) is 37.0 Å². The molecule has 0 bridgehead atoms. The Bertz CT molecular complexity index is 481. The number of alkyl halides is 2. The van der Waals surface area contributed by atoms with Crippen LogP contribution in [0, 0.1) is 0 Å². The Balaban J connectivity index is 2.38. The van der Waals surface area contributed by atoms with Crippen LogP contribution >= 0.6 is 0 Å². The fraction of sp³-hybridized carbons (Fsp3) is 0.538. The fourth-order valence-corrected chi connectivity index (χ4v) is 2.46. The molecule has 1 saturated carbocycles. The molecule has 4 nitrogen and oxygen atoms in total. The first kappa shape index (κ1) is 13.7. The van der Waals surface area contributed by atoms with E-state index in [1.807, 2.05) is 0 Å². The molecule has 1 aliphatic rings. The molecule has 0 spiro atoms. The number of rotatable bonds is 3. The Morgan fingerprint density at radius 2 is 1.95 bits per heavy atom. The van der Waals surface area contributed by atoms with E-state index < -0.39 is 30.1 Å². The van der Waals surface area contributed by atoms with Crippen molar-refractivity contribution in [1.82, 2.24) is 4.98 Å². The predicted octanol–water partition coefficient (Wildman–Crippen LogP) is 2.62. The lowest BCUT2D eigenvalue weighted by molar-refractivity contribution is -0.149. The van der Waals surface area contributed by atoms with Gasteiger partial charge in [0.25, 0.3) is 0 Å². The van der Waals surface area contributed by atoms with Gasteiger partial charge in [0.1, 0.15) is 5.75 Å². The molecule has 1 heterocycles. The highest BCUT2D eigenvalue weighted by molar-refractivity contribution is 5.81. The molecule has 0 radical (unpaired) electrons. The molecule has 0 amide bonds. The third kappa shape index (κ3) is 2.52. The molecule has 0 saturated heterocycles. The van der Waals surface area contributed by atoms with E-state index in [0.29, 0.717) is 11.3 Å². The van der Waals surface area contributed by atoms with E-state index in [4.69, 9.17) is 4.74 Å². The molecule has 1 N–H and O–H groups in total. The number of halogens is 2. The number of aromatic nitrogens is 1. The lowest BCUT2D eigenvalue weighted by atomic mass is 9.69. The van der Waals surface area contributed by atoms with Gasteiger partial charge < -0.3 is 9.84 Å². The summed E-state index contributed by atoms with van der Waals surface area (Å²) < 4.78 is 31.5. The van der Waals surface area contributed by atoms with Gasteiger partial charge in [0.15, 0.2) is 0 Å². The minimum atomic E-state index is -2.77. The lowest BCUT2D eigenvalue weighted by Crippen LogP contribution is -2.42. The Morgan fingerprint density at radius 3 is 2.47 bits per heavy atom. The van der Waals surface area contributed by atoms with Gasteiger partial charge in [-0.25, -0.2) is 8.78 Å². The maximum absolute atomic E-state index is 13.2. The van der Waals surface area contributed by atoms with Crippen LogP contribution in [0.15, 0.2) is 18.5 Å². The summed E-state index contributed by atoms with van der Waals surface area (Å²) in [6.07, 6.45) is 1.85. The average Bonchev–Trinajstić information content (AvgIpc) is 2.39. The minimum Gasteiger partial charge on any atom is -0.495 e. The van der Waals surface area contributed by atoms with E-state index in [1.165, 1.54) is 19.5 Å². The highest BCUT2D eigenvalue weighted by Gasteiger charge is 2.49. The molecule has 0 aliphatic heterocycles. The topological polar surface area (TPSA) is 59.4 Å². The molecule has 19 heavy (non-hydrogen) atoms. The van der Waals surface area contributed by atoms with E-state index in [0.717, 1.165) is 0 Å². The number of carbonyl (C=O) groups is 1. The molecular weight excluding hydrogens is 256 g/mol. The second kappa shape index (κ2) is 4.75. The molecule has 2 rings (SSSR count). The van der Waals surface area contributed by atoms with E-state index in [-0.39, 0.29) is 12.8 Å². The largest absolute Gasteiger partial charge is 0.495 e. The van der Waals surface area contributed by atoms with Crippen LogP contribution in [-0.4, -0.2) is 29.1 Å². The Morgan fingerprint density at radius 1 is 1.32 bits per heavy atom. The zero-order valence-corrected chi connectivity index (χ0v) is 10.5. The number of aliphatic carboxylic acids is 1. The normalized spacial score (nSPS) is 20.8. The summed E-state index contributed by atoms with van der Waals surface area (Å²) in [6.45, 7) is 0. The molecule has 0 aromatic carbocycles. The van der Waals surface area contributed by atoms with Gasteiger partial charge in [-0.05, 0) is 24.5 Å². The van der Waals surface area contributed by atoms with Gasteiger partial charge in [-0.2, -0.15) is 0 Å². The van der Waals surface area contributed by atoms with Crippen LogP contribution in [0.3, 0.4) is 0 Å². The highest BCUT2D eigenvalue weighted by atomic mass is 19.3. The molecule has 1 aliphatic carbocycles. The van der Waals surface area contributed by atoms with Crippen molar-refractivity contribution in [3.05, 3.63) is 24.0 Å². The average molecular weight is 271 g/mol.